The van der Waals surface area contributed by atoms with Gasteiger partial charge in [0.05, 0.1) is 4.88 Å². The third kappa shape index (κ3) is 3.07. The predicted octanol–water partition coefficient (Wildman–Crippen LogP) is 5.41. The number of amides is 1. The summed E-state index contributed by atoms with van der Waals surface area (Å²) < 4.78 is 6.94. The second-order valence-electron chi connectivity index (χ2n) is 5.14. The standard InChI is InChI=1S/C18H11IN2O2S/c19-12-4-1-3-11(9-12)18-21-14-10-13(6-7-15(14)23-18)20-17(22)16-5-2-8-24-16/h1-10H,(H,20,22). The third-order valence-corrected chi connectivity index (χ3v) is 5.00. The second-order valence-corrected chi connectivity index (χ2v) is 7.34. The van der Waals surface area contributed by atoms with Crippen molar-refractivity contribution in [2.24, 2.45) is 0 Å². The van der Waals surface area contributed by atoms with Crippen LogP contribution in [0.2, 0.25) is 0 Å². The van der Waals surface area contributed by atoms with Crippen molar-refractivity contribution < 1.29 is 9.21 Å². The Morgan fingerprint density at radius 3 is 2.83 bits per heavy atom. The van der Waals surface area contributed by atoms with Crippen LogP contribution in [-0.4, -0.2) is 10.9 Å². The van der Waals surface area contributed by atoms with Gasteiger partial charge in [-0.3, -0.25) is 4.79 Å². The van der Waals surface area contributed by atoms with Crippen molar-refractivity contribution in [1.29, 1.82) is 0 Å². The molecule has 0 unspecified atom stereocenters. The van der Waals surface area contributed by atoms with Crippen molar-refractivity contribution in [2.75, 3.05) is 5.32 Å². The molecule has 4 nitrogen and oxygen atoms in total. The van der Waals surface area contributed by atoms with E-state index in [2.05, 4.69) is 32.9 Å². The Balaban J connectivity index is 1.65. The molecule has 0 atom stereocenters. The first-order valence-electron chi connectivity index (χ1n) is 7.20. The minimum atomic E-state index is -0.120. The molecular formula is C18H11IN2O2S. The van der Waals surface area contributed by atoms with Gasteiger partial charge in [0.2, 0.25) is 5.89 Å². The average molecular weight is 446 g/mol. The van der Waals surface area contributed by atoms with Crippen LogP contribution in [0.25, 0.3) is 22.6 Å². The van der Waals surface area contributed by atoms with Crippen molar-refractivity contribution >= 4 is 56.6 Å². The average Bonchev–Trinajstić information content (AvgIpc) is 3.24. The van der Waals surface area contributed by atoms with E-state index >= 15 is 0 Å². The van der Waals surface area contributed by atoms with E-state index in [1.807, 2.05) is 53.9 Å². The van der Waals surface area contributed by atoms with Gasteiger partial charge in [0.25, 0.3) is 5.91 Å². The van der Waals surface area contributed by atoms with Gasteiger partial charge in [-0.15, -0.1) is 11.3 Å². The number of nitrogens with zero attached hydrogens (tertiary/aromatic N) is 1. The molecule has 0 saturated heterocycles. The molecule has 0 fully saturated rings. The van der Waals surface area contributed by atoms with Crippen LogP contribution in [0.15, 0.2) is 64.4 Å². The Bertz CT molecular complexity index is 1020. The van der Waals surface area contributed by atoms with Crippen LogP contribution in [0.4, 0.5) is 5.69 Å². The molecule has 6 heteroatoms. The molecular weight excluding hydrogens is 435 g/mol. The van der Waals surface area contributed by atoms with Gasteiger partial charge < -0.3 is 9.73 Å². The van der Waals surface area contributed by atoms with E-state index in [4.69, 9.17) is 4.42 Å². The van der Waals surface area contributed by atoms with E-state index in [0.717, 1.165) is 9.13 Å². The molecule has 0 aliphatic rings. The van der Waals surface area contributed by atoms with E-state index in [1.165, 1.54) is 11.3 Å². The Hall–Kier alpha value is -2.19. The van der Waals surface area contributed by atoms with E-state index in [1.54, 1.807) is 6.07 Å². The molecule has 0 radical (unpaired) electrons. The molecule has 1 amide bonds. The van der Waals surface area contributed by atoms with Crippen LogP contribution in [0.1, 0.15) is 9.67 Å². The highest BCUT2D eigenvalue weighted by Gasteiger charge is 2.11. The fourth-order valence-corrected chi connectivity index (χ4v) is 3.51. The number of oxazole rings is 1. The number of benzene rings is 2. The van der Waals surface area contributed by atoms with E-state index in [-0.39, 0.29) is 5.91 Å². The number of nitrogens with one attached hydrogen (secondary N) is 1. The van der Waals surface area contributed by atoms with E-state index in [0.29, 0.717) is 27.6 Å². The molecule has 0 aliphatic heterocycles. The zero-order valence-corrected chi connectivity index (χ0v) is 15.3. The predicted molar refractivity (Wildman–Crippen MR) is 104 cm³/mol. The van der Waals surface area contributed by atoms with Gasteiger partial charge in [-0.25, -0.2) is 4.98 Å². The summed E-state index contributed by atoms with van der Waals surface area (Å²) in [5.74, 6) is 0.455. The lowest BCUT2D eigenvalue weighted by Gasteiger charge is -2.02. The number of halogens is 1. The number of hydrogen-bond donors (Lipinski definition) is 1. The Morgan fingerprint density at radius 1 is 1.12 bits per heavy atom. The molecule has 2 aromatic carbocycles. The lowest BCUT2D eigenvalue weighted by Crippen LogP contribution is -2.09. The van der Waals surface area contributed by atoms with Crippen molar-refractivity contribution in [2.45, 2.75) is 0 Å². The maximum absolute atomic E-state index is 12.1. The molecule has 1 N–H and O–H groups in total. The first kappa shape index (κ1) is 15.3. The van der Waals surface area contributed by atoms with Gasteiger partial charge in [0.15, 0.2) is 5.58 Å². The van der Waals surface area contributed by atoms with Crippen LogP contribution in [0.5, 0.6) is 0 Å². The highest BCUT2D eigenvalue weighted by atomic mass is 127. The zero-order valence-electron chi connectivity index (χ0n) is 12.3. The van der Waals surface area contributed by atoms with Crippen molar-refractivity contribution in [1.82, 2.24) is 4.98 Å². The summed E-state index contributed by atoms with van der Waals surface area (Å²) >= 11 is 3.67. The van der Waals surface area contributed by atoms with Gasteiger partial charge >= 0.3 is 0 Å². The molecule has 4 rings (SSSR count). The van der Waals surface area contributed by atoms with E-state index in [9.17, 15) is 4.79 Å². The Kier molecular flexibility index (Phi) is 4.07. The van der Waals surface area contributed by atoms with Crippen molar-refractivity contribution in [3.63, 3.8) is 0 Å². The highest BCUT2D eigenvalue weighted by molar-refractivity contribution is 14.1. The fraction of sp³-hybridized carbons (Fsp3) is 0. The topological polar surface area (TPSA) is 55.1 Å². The number of anilines is 1. The molecule has 0 bridgehead atoms. The minimum Gasteiger partial charge on any atom is -0.436 e. The SMILES string of the molecule is O=C(Nc1ccc2oc(-c3cccc(I)c3)nc2c1)c1cccs1. The fourth-order valence-electron chi connectivity index (χ4n) is 2.35. The summed E-state index contributed by atoms with van der Waals surface area (Å²) in [6, 6.07) is 17.1. The summed E-state index contributed by atoms with van der Waals surface area (Å²) in [6.45, 7) is 0. The number of thiophene rings is 1. The maximum Gasteiger partial charge on any atom is 0.265 e. The van der Waals surface area contributed by atoms with E-state index < -0.39 is 0 Å². The number of carbonyl (C=O) groups excluding carboxylic acids is 1. The number of hydrogen-bond acceptors (Lipinski definition) is 4. The lowest BCUT2D eigenvalue weighted by molar-refractivity contribution is 0.103. The monoisotopic (exact) mass is 446 g/mol. The molecule has 2 heterocycles. The first-order valence-corrected chi connectivity index (χ1v) is 9.16. The molecule has 0 saturated carbocycles. The van der Waals surface area contributed by atoms with Gasteiger partial charge in [-0.1, -0.05) is 12.1 Å². The van der Waals surface area contributed by atoms with Crippen molar-refractivity contribution in [3.8, 4) is 11.5 Å². The lowest BCUT2D eigenvalue weighted by atomic mass is 10.2. The number of fused-ring (bicyclic) bond motifs is 1. The van der Waals surface area contributed by atoms with Crippen molar-refractivity contribution in [3.05, 3.63) is 68.4 Å². The minimum absolute atomic E-state index is 0.120. The molecule has 0 aliphatic carbocycles. The number of rotatable bonds is 3. The summed E-state index contributed by atoms with van der Waals surface area (Å²) in [4.78, 5) is 17.3. The van der Waals surface area contributed by atoms with Crippen LogP contribution in [0, 0.1) is 3.57 Å². The van der Waals surface area contributed by atoms with Crippen LogP contribution >= 0.6 is 33.9 Å². The van der Waals surface area contributed by atoms with Gasteiger partial charge in [0.1, 0.15) is 5.52 Å². The Labute approximate surface area is 155 Å². The number of carbonyl (C=O) groups is 1. The zero-order chi connectivity index (χ0) is 16.5. The molecule has 24 heavy (non-hydrogen) atoms. The summed E-state index contributed by atoms with van der Waals surface area (Å²) in [5.41, 5.74) is 3.04. The second kappa shape index (κ2) is 6.37. The largest absolute Gasteiger partial charge is 0.436 e. The summed E-state index contributed by atoms with van der Waals surface area (Å²) in [7, 11) is 0. The number of aromatic nitrogens is 1. The smallest absolute Gasteiger partial charge is 0.265 e. The maximum atomic E-state index is 12.1. The van der Waals surface area contributed by atoms with Gasteiger partial charge in [-0.2, -0.15) is 0 Å². The van der Waals surface area contributed by atoms with Gasteiger partial charge in [-0.05, 0) is 70.4 Å². The first-order chi connectivity index (χ1) is 11.7. The normalized spacial score (nSPS) is 10.9. The molecule has 118 valence electrons. The van der Waals surface area contributed by atoms with Crippen LogP contribution in [0.3, 0.4) is 0 Å². The molecule has 4 aromatic rings. The third-order valence-electron chi connectivity index (χ3n) is 3.46. The summed E-state index contributed by atoms with van der Waals surface area (Å²) in [5, 5.41) is 4.76. The summed E-state index contributed by atoms with van der Waals surface area (Å²) in [6.07, 6.45) is 0. The van der Waals surface area contributed by atoms with Crippen LogP contribution in [-0.2, 0) is 0 Å². The highest BCUT2D eigenvalue weighted by Crippen LogP contribution is 2.27. The van der Waals surface area contributed by atoms with Crippen LogP contribution < -0.4 is 5.32 Å². The quantitative estimate of drug-likeness (QED) is 0.428. The molecule has 2 aromatic heterocycles. The Morgan fingerprint density at radius 2 is 2.04 bits per heavy atom. The van der Waals surface area contributed by atoms with Gasteiger partial charge in [0, 0.05) is 14.8 Å². The molecule has 0 spiro atoms.